The Morgan fingerprint density at radius 1 is 1.22 bits per heavy atom. The highest BCUT2D eigenvalue weighted by molar-refractivity contribution is 9.11. The predicted octanol–water partition coefficient (Wildman–Crippen LogP) is 2.91. The van der Waals surface area contributed by atoms with Crippen molar-refractivity contribution in [2.75, 3.05) is 6.61 Å². The summed E-state index contributed by atoms with van der Waals surface area (Å²) in [6.45, 7) is 0.0265. The average molecular weight is 632 g/mol. The summed E-state index contributed by atoms with van der Waals surface area (Å²) in [6.07, 6.45) is -0.933. The second-order valence-corrected chi connectivity index (χ2v) is 8.98. The van der Waals surface area contributed by atoms with Gasteiger partial charge in [-0.2, -0.15) is 0 Å². The van der Waals surface area contributed by atoms with Crippen molar-refractivity contribution >= 4 is 74.9 Å². The number of aliphatic hydroxyl groups is 1. The molecule has 12 heteroatoms. The number of benzene rings is 1. The number of hydrogen-bond acceptors (Lipinski definition) is 5. The highest BCUT2D eigenvalue weighted by atomic mass is 79.9. The number of H-pyrrole nitrogens is 1. The van der Waals surface area contributed by atoms with Gasteiger partial charge in [0.15, 0.2) is 15.9 Å². The average Bonchev–Trinajstić information content (AvgIpc) is 2.89. The van der Waals surface area contributed by atoms with Crippen LogP contribution in [0.25, 0.3) is 11.2 Å². The van der Waals surface area contributed by atoms with E-state index < -0.39 is 17.4 Å². The zero-order chi connectivity index (χ0) is 19.9. The molecular formula is C15H12Br4N4O4. The molecule has 0 amide bonds. The van der Waals surface area contributed by atoms with Crippen LogP contribution in [-0.2, 0) is 13.6 Å². The van der Waals surface area contributed by atoms with Gasteiger partial charge < -0.3 is 14.4 Å². The number of nitrogens with zero attached hydrogens (tertiary/aromatic N) is 3. The number of hydrogen-bond donors (Lipinski definition) is 2. The van der Waals surface area contributed by atoms with Crippen LogP contribution in [0.4, 0.5) is 0 Å². The number of rotatable bonds is 5. The fourth-order valence-electron chi connectivity index (χ4n) is 2.48. The Balaban J connectivity index is 1.84. The van der Waals surface area contributed by atoms with Gasteiger partial charge in [0.25, 0.3) is 5.56 Å². The first-order valence-corrected chi connectivity index (χ1v) is 10.7. The number of aliphatic hydroxyl groups excluding tert-OH is 1. The van der Waals surface area contributed by atoms with Crippen molar-refractivity contribution in [3.8, 4) is 5.75 Å². The maximum Gasteiger partial charge on any atom is 0.329 e. The largest absolute Gasteiger partial charge is 0.488 e. The summed E-state index contributed by atoms with van der Waals surface area (Å²) in [4.78, 5) is 30.3. The van der Waals surface area contributed by atoms with Crippen molar-refractivity contribution in [3.63, 3.8) is 0 Å². The molecule has 0 aliphatic carbocycles. The maximum atomic E-state index is 12.2. The molecule has 0 bridgehead atoms. The maximum absolute atomic E-state index is 12.2. The zero-order valence-electron chi connectivity index (χ0n) is 13.7. The van der Waals surface area contributed by atoms with Crippen molar-refractivity contribution in [2.24, 2.45) is 7.05 Å². The summed E-state index contributed by atoms with van der Waals surface area (Å²) < 4.78 is 11.1. The molecule has 144 valence electrons. The van der Waals surface area contributed by atoms with E-state index in [1.807, 2.05) is 12.1 Å². The molecular weight excluding hydrogens is 620 g/mol. The number of aryl methyl sites for hydroxylation is 1. The Kier molecular flexibility index (Phi) is 6.31. The first-order valence-electron chi connectivity index (χ1n) is 7.49. The van der Waals surface area contributed by atoms with E-state index in [4.69, 9.17) is 4.74 Å². The molecule has 1 aromatic carbocycles. The summed E-state index contributed by atoms with van der Waals surface area (Å²) >= 11 is 13.5. The van der Waals surface area contributed by atoms with Gasteiger partial charge >= 0.3 is 5.69 Å². The third-order valence-corrected chi connectivity index (χ3v) is 5.98. The van der Waals surface area contributed by atoms with E-state index in [0.29, 0.717) is 10.5 Å². The Bertz CT molecular complexity index is 1110. The summed E-state index contributed by atoms with van der Waals surface area (Å²) in [5, 5.41) is 10.4. The van der Waals surface area contributed by atoms with Gasteiger partial charge in [0.1, 0.15) is 18.5 Å². The van der Waals surface area contributed by atoms with Crippen LogP contribution in [0.1, 0.15) is 0 Å². The molecule has 0 aliphatic rings. The lowest BCUT2D eigenvalue weighted by molar-refractivity contribution is 0.0921. The van der Waals surface area contributed by atoms with E-state index >= 15 is 0 Å². The number of aromatic nitrogens is 4. The van der Waals surface area contributed by atoms with Crippen molar-refractivity contribution in [1.82, 2.24) is 19.1 Å². The van der Waals surface area contributed by atoms with E-state index in [1.165, 1.54) is 16.2 Å². The van der Waals surface area contributed by atoms with E-state index in [0.717, 1.165) is 13.4 Å². The number of fused-ring (bicyclic) bond motifs is 1. The van der Waals surface area contributed by atoms with Crippen molar-refractivity contribution in [3.05, 3.63) is 51.1 Å². The molecule has 8 nitrogen and oxygen atoms in total. The van der Waals surface area contributed by atoms with Crippen LogP contribution < -0.4 is 16.0 Å². The van der Waals surface area contributed by atoms with Gasteiger partial charge in [-0.1, -0.05) is 15.9 Å². The van der Waals surface area contributed by atoms with Gasteiger partial charge in [0, 0.05) is 11.5 Å². The molecule has 0 unspecified atom stereocenters. The predicted molar refractivity (Wildman–Crippen MR) is 114 cm³/mol. The normalized spacial score (nSPS) is 12.5. The van der Waals surface area contributed by atoms with Crippen LogP contribution >= 0.6 is 63.7 Å². The highest BCUT2D eigenvalue weighted by Gasteiger charge is 2.19. The number of aromatic amines is 1. The Morgan fingerprint density at radius 3 is 2.48 bits per heavy atom. The molecule has 0 saturated carbocycles. The lowest BCUT2D eigenvalue weighted by Crippen LogP contribution is -2.30. The van der Waals surface area contributed by atoms with Crippen LogP contribution in [0.2, 0.25) is 0 Å². The molecule has 0 aliphatic heterocycles. The van der Waals surface area contributed by atoms with Crippen molar-refractivity contribution in [2.45, 2.75) is 12.6 Å². The summed E-state index contributed by atoms with van der Waals surface area (Å²) in [6, 6.07) is 3.65. The fourth-order valence-corrected chi connectivity index (χ4v) is 5.46. The minimum Gasteiger partial charge on any atom is -0.488 e. The molecule has 0 fully saturated rings. The van der Waals surface area contributed by atoms with E-state index in [-0.39, 0.29) is 24.3 Å². The van der Waals surface area contributed by atoms with E-state index in [2.05, 4.69) is 73.7 Å². The second-order valence-electron chi connectivity index (χ2n) is 5.65. The smallest absolute Gasteiger partial charge is 0.329 e. The monoisotopic (exact) mass is 628 g/mol. The molecule has 2 N–H and O–H groups in total. The van der Waals surface area contributed by atoms with Crippen molar-refractivity contribution in [1.29, 1.82) is 0 Å². The third kappa shape index (κ3) is 4.24. The number of imidazole rings is 1. The van der Waals surface area contributed by atoms with Gasteiger partial charge in [-0.15, -0.1) is 0 Å². The second kappa shape index (κ2) is 8.19. The first-order chi connectivity index (χ1) is 12.7. The van der Waals surface area contributed by atoms with Crippen LogP contribution in [0.15, 0.2) is 39.9 Å². The lowest BCUT2D eigenvalue weighted by Gasteiger charge is -2.16. The van der Waals surface area contributed by atoms with Crippen LogP contribution in [0.5, 0.6) is 5.75 Å². The SMILES string of the molecule is Cn1c(=O)[nH]c(=O)c2c1nc(Br)n2C[C@H](O)COc1c(Br)cc(Br)cc1Br. The van der Waals surface area contributed by atoms with Crippen LogP contribution in [0, 0.1) is 0 Å². The van der Waals surface area contributed by atoms with Crippen molar-refractivity contribution < 1.29 is 9.84 Å². The van der Waals surface area contributed by atoms with Gasteiger partial charge in [0.05, 0.1) is 15.5 Å². The van der Waals surface area contributed by atoms with E-state index in [9.17, 15) is 14.7 Å². The highest BCUT2D eigenvalue weighted by Crippen LogP contribution is 2.36. The quantitative estimate of drug-likeness (QED) is 0.422. The van der Waals surface area contributed by atoms with Crippen LogP contribution in [0.3, 0.4) is 0 Å². The van der Waals surface area contributed by atoms with E-state index in [1.54, 1.807) is 0 Å². The first kappa shape index (κ1) is 20.8. The summed E-state index contributed by atoms with van der Waals surface area (Å²) in [7, 11) is 1.51. The summed E-state index contributed by atoms with van der Waals surface area (Å²) in [5.41, 5.74) is -0.715. The Morgan fingerprint density at radius 2 is 1.85 bits per heavy atom. The van der Waals surface area contributed by atoms with Crippen LogP contribution in [-0.4, -0.2) is 36.9 Å². The third-order valence-electron chi connectivity index (χ3n) is 3.74. The number of halogens is 4. The number of ether oxygens (including phenoxy) is 1. The molecule has 3 aromatic rings. The standard InChI is InChI=1S/C15H12Br4N4O4/c1-22-12-10(13(25)21-15(22)26)23(14(19)20-12)4-7(24)5-27-11-8(17)2-6(16)3-9(11)18/h2-3,7,24H,4-5H2,1H3,(H,21,25,26)/t7-/m0/s1. The molecule has 0 radical (unpaired) electrons. The topological polar surface area (TPSA) is 102 Å². The minimum atomic E-state index is -0.933. The minimum absolute atomic E-state index is 0.0192. The fraction of sp³-hybridized carbons (Fsp3) is 0.267. The molecule has 3 rings (SSSR count). The Hall–Kier alpha value is -0.950. The molecule has 2 aromatic heterocycles. The molecule has 2 heterocycles. The van der Waals surface area contributed by atoms with Gasteiger partial charge in [-0.05, 0) is 59.9 Å². The molecule has 0 spiro atoms. The zero-order valence-corrected chi connectivity index (χ0v) is 20.0. The summed E-state index contributed by atoms with van der Waals surface area (Å²) in [5.74, 6) is 0.548. The van der Waals surface area contributed by atoms with Gasteiger partial charge in [-0.25, -0.2) is 9.78 Å². The van der Waals surface area contributed by atoms with Gasteiger partial charge in [0.2, 0.25) is 0 Å². The molecule has 0 saturated heterocycles. The number of nitrogens with one attached hydrogen (secondary N) is 1. The Labute approximate surface area is 186 Å². The van der Waals surface area contributed by atoms with Gasteiger partial charge in [-0.3, -0.25) is 14.3 Å². The molecule has 27 heavy (non-hydrogen) atoms. The lowest BCUT2D eigenvalue weighted by atomic mass is 10.3. The molecule has 1 atom stereocenters.